The van der Waals surface area contributed by atoms with E-state index in [0.717, 1.165) is 16.7 Å². The lowest BCUT2D eigenvalue weighted by Gasteiger charge is -2.13. The molecule has 0 radical (unpaired) electrons. The van der Waals surface area contributed by atoms with Crippen molar-refractivity contribution in [1.29, 1.82) is 0 Å². The average molecular weight is 301 g/mol. The van der Waals surface area contributed by atoms with Gasteiger partial charge in [-0.2, -0.15) is 0 Å². The molecule has 0 spiro atoms. The molecule has 0 fully saturated rings. The number of benzene rings is 2. The van der Waals surface area contributed by atoms with Crippen LogP contribution < -0.4 is 4.72 Å². The normalized spacial score (nSPS) is 12.2. The van der Waals surface area contributed by atoms with Crippen LogP contribution in [-0.2, 0) is 10.0 Å². The van der Waals surface area contributed by atoms with E-state index in [-0.39, 0.29) is 4.90 Å². The Morgan fingerprint density at radius 2 is 1.67 bits per heavy atom. The van der Waals surface area contributed by atoms with Crippen molar-refractivity contribution < 1.29 is 8.42 Å². The number of rotatable bonds is 4. The highest BCUT2D eigenvalue weighted by atomic mass is 32.2. The van der Waals surface area contributed by atoms with Gasteiger partial charge in [0.05, 0.1) is 10.6 Å². The highest BCUT2D eigenvalue weighted by Crippen LogP contribution is 2.25. The fourth-order valence-electron chi connectivity index (χ4n) is 1.99. The van der Waals surface area contributed by atoms with Crippen LogP contribution in [-0.4, -0.2) is 8.42 Å². The van der Waals surface area contributed by atoms with Gasteiger partial charge < -0.3 is 0 Å². The summed E-state index contributed by atoms with van der Waals surface area (Å²) >= 11 is 0. The Bertz CT molecular complexity index is 760. The van der Waals surface area contributed by atoms with Crippen LogP contribution in [0.5, 0.6) is 0 Å². The summed E-state index contributed by atoms with van der Waals surface area (Å²) in [7, 11) is -3.57. The van der Waals surface area contributed by atoms with Crippen molar-refractivity contribution in [2.45, 2.75) is 25.7 Å². The zero-order valence-electron chi connectivity index (χ0n) is 12.4. The van der Waals surface area contributed by atoms with Crippen molar-refractivity contribution in [3.8, 4) is 0 Å². The van der Waals surface area contributed by atoms with Gasteiger partial charge >= 0.3 is 0 Å². The lowest BCUT2D eigenvalue weighted by atomic mass is 10.1. The van der Waals surface area contributed by atoms with Crippen molar-refractivity contribution in [3.63, 3.8) is 0 Å². The molecule has 3 nitrogen and oxygen atoms in total. The van der Waals surface area contributed by atoms with Gasteiger partial charge in [-0.3, -0.25) is 4.72 Å². The van der Waals surface area contributed by atoms with Crippen molar-refractivity contribution >= 4 is 21.3 Å². The van der Waals surface area contributed by atoms with Crippen LogP contribution in [0, 0.1) is 6.92 Å². The van der Waals surface area contributed by atoms with Crippen molar-refractivity contribution in [1.82, 2.24) is 0 Å². The SMILES string of the molecule is CC=C(C)c1ccccc1NS(=O)(=O)c1ccc(C)cc1. The number of nitrogens with one attached hydrogen (secondary N) is 1. The first-order valence-electron chi connectivity index (χ1n) is 6.76. The zero-order valence-corrected chi connectivity index (χ0v) is 13.2. The molecule has 1 N–H and O–H groups in total. The molecule has 2 rings (SSSR count). The second-order valence-electron chi connectivity index (χ2n) is 4.94. The maximum Gasteiger partial charge on any atom is 0.261 e. The summed E-state index contributed by atoms with van der Waals surface area (Å²) in [4.78, 5) is 0.265. The van der Waals surface area contributed by atoms with E-state index in [2.05, 4.69) is 4.72 Å². The van der Waals surface area contributed by atoms with Gasteiger partial charge in [-0.25, -0.2) is 8.42 Å². The van der Waals surface area contributed by atoms with Gasteiger partial charge in [0.2, 0.25) is 0 Å². The zero-order chi connectivity index (χ0) is 15.5. The Morgan fingerprint density at radius 1 is 1.05 bits per heavy atom. The minimum Gasteiger partial charge on any atom is -0.279 e. The number of hydrogen-bond acceptors (Lipinski definition) is 2. The Kier molecular flexibility index (Phi) is 4.48. The monoisotopic (exact) mass is 301 g/mol. The van der Waals surface area contributed by atoms with E-state index in [9.17, 15) is 8.42 Å². The maximum absolute atomic E-state index is 12.4. The minimum absolute atomic E-state index is 0.265. The summed E-state index contributed by atoms with van der Waals surface area (Å²) in [5, 5.41) is 0. The van der Waals surface area contributed by atoms with Crippen LogP contribution >= 0.6 is 0 Å². The number of anilines is 1. The van der Waals surface area contributed by atoms with E-state index in [1.807, 2.05) is 45.0 Å². The van der Waals surface area contributed by atoms with E-state index < -0.39 is 10.0 Å². The first-order chi connectivity index (χ1) is 9.94. The molecule has 0 unspecified atom stereocenters. The maximum atomic E-state index is 12.4. The molecular formula is C17H19NO2S. The van der Waals surface area contributed by atoms with Gasteiger partial charge in [-0.15, -0.1) is 0 Å². The van der Waals surface area contributed by atoms with E-state index in [1.165, 1.54) is 0 Å². The third-order valence-corrected chi connectivity index (χ3v) is 4.74. The molecule has 2 aromatic rings. The molecule has 21 heavy (non-hydrogen) atoms. The molecule has 0 aromatic heterocycles. The van der Waals surface area contributed by atoms with E-state index in [1.54, 1.807) is 30.3 Å². The van der Waals surface area contributed by atoms with Gasteiger partial charge in [0, 0.05) is 5.56 Å². The molecular weight excluding hydrogens is 282 g/mol. The Hall–Kier alpha value is -2.07. The predicted octanol–water partition coefficient (Wildman–Crippen LogP) is 4.22. The van der Waals surface area contributed by atoms with E-state index >= 15 is 0 Å². The summed E-state index contributed by atoms with van der Waals surface area (Å²) in [5.74, 6) is 0. The molecule has 0 heterocycles. The fraction of sp³-hybridized carbons (Fsp3) is 0.176. The number of sulfonamides is 1. The average Bonchev–Trinajstić information content (AvgIpc) is 2.47. The Labute approximate surface area is 126 Å². The fourth-order valence-corrected chi connectivity index (χ4v) is 3.07. The molecule has 4 heteroatoms. The lowest BCUT2D eigenvalue weighted by Crippen LogP contribution is -2.14. The molecule has 0 amide bonds. The Balaban J connectivity index is 2.40. The molecule has 0 saturated carbocycles. The van der Waals surface area contributed by atoms with Crippen molar-refractivity contribution in [3.05, 3.63) is 65.7 Å². The number of allylic oxidation sites excluding steroid dienone is 2. The summed E-state index contributed by atoms with van der Waals surface area (Å²) in [5.41, 5.74) is 3.53. The molecule has 2 aromatic carbocycles. The van der Waals surface area contributed by atoms with Crippen LogP contribution in [0.15, 0.2) is 59.5 Å². The standard InChI is InChI=1S/C17H19NO2S/c1-4-14(3)16-7-5-6-8-17(16)18-21(19,20)15-11-9-13(2)10-12-15/h4-12,18H,1-3H3. The number of aryl methyl sites for hydroxylation is 1. The van der Waals surface area contributed by atoms with E-state index in [4.69, 9.17) is 0 Å². The van der Waals surface area contributed by atoms with Crippen molar-refractivity contribution in [2.75, 3.05) is 4.72 Å². The van der Waals surface area contributed by atoms with Crippen LogP contribution in [0.25, 0.3) is 5.57 Å². The summed E-state index contributed by atoms with van der Waals surface area (Å²) < 4.78 is 27.6. The van der Waals surface area contributed by atoms with Gasteiger partial charge in [-0.05, 0) is 44.5 Å². The highest BCUT2D eigenvalue weighted by Gasteiger charge is 2.15. The molecule has 110 valence electrons. The van der Waals surface area contributed by atoms with Gasteiger partial charge in [0.1, 0.15) is 0 Å². The molecule has 0 aliphatic heterocycles. The van der Waals surface area contributed by atoms with Crippen LogP contribution in [0.2, 0.25) is 0 Å². The van der Waals surface area contributed by atoms with Gasteiger partial charge in [-0.1, -0.05) is 42.0 Å². The first kappa shape index (κ1) is 15.3. The predicted molar refractivity (Wildman–Crippen MR) is 87.8 cm³/mol. The van der Waals surface area contributed by atoms with Crippen LogP contribution in [0.3, 0.4) is 0 Å². The van der Waals surface area contributed by atoms with E-state index in [0.29, 0.717) is 5.69 Å². The largest absolute Gasteiger partial charge is 0.279 e. The second kappa shape index (κ2) is 6.14. The van der Waals surface area contributed by atoms with Gasteiger partial charge in [0.25, 0.3) is 10.0 Å². The third-order valence-electron chi connectivity index (χ3n) is 3.36. The number of para-hydroxylation sites is 1. The van der Waals surface area contributed by atoms with Crippen LogP contribution in [0.1, 0.15) is 25.0 Å². The van der Waals surface area contributed by atoms with Gasteiger partial charge in [0.15, 0.2) is 0 Å². The molecule has 0 aliphatic carbocycles. The lowest BCUT2D eigenvalue weighted by molar-refractivity contribution is 0.601. The molecule has 0 saturated heterocycles. The highest BCUT2D eigenvalue weighted by molar-refractivity contribution is 7.92. The summed E-state index contributed by atoms with van der Waals surface area (Å²) in [6.07, 6.45) is 1.96. The molecule has 0 bridgehead atoms. The summed E-state index contributed by atoms with van der Waals surface area (Å²) in [6.45, 7) is 5.81. The topological polar surface area (TPSA) is 46.2 Å². The van der Waals surface area contributed by atoms with Crippen LogP contribution in [0.4, 0.5) is 5.69 Å². The smallest absolute Gasteiger partial charge is 0.261 e. The second-order valence-corrected chi connectivity index (χ2v) is 6.62. The number of hydrogen-bond donors (Lipinski definition) is 1. The minimum atomic E-state index is -3.57. The first-order valence-corrected chi connectivity index (χ1v) is 8.24. The molecule has 0 aliphatic rings. The van der Waals surface area contributed by atoms with Crippen molar-refractivity contribution in [2.24, 2.45) is 0 Å². The third kappa shape index (κ3) is 3.52. The summed E-state index contributed by atoms with van der Waals surface area (Å²) in [6, 6.07) is 14.2. The Morgan fingerprint density at radius 3 is 2.29 bits per heavy atom. The molecule has 0 atom stereocenters. The quantitative estimate of drug-likeness (QED) is 0.919.